The molecule has 8 heteroatoms. The number of nitrogens with zero attached hydrogens (tertiary/aromatic N) is 4. The van der Waals surface area contributed by atoms with Gasteiger partial charge in [-0.2, -0.15) is 4.98 Å². The van der Waals surface area contributed by atoms with E-state index in [4.69, 9.17) is 4.74 Å². The lowest BCUT2D eigenvalue weighted by atomic mass is 10.1. The van der Waals surface area contributed by atoms with E-state index in [9.17, 15) is 10.1 Å². The zero-order valence-electron chi connectivity index (χ0n) is 12.6. The Balaban J connectivity index is 2.24. The highest BCUT2D eigenvalue weighted by atomic mass is 16.6. The van der Waals surface area contributed by atoms with Gasteiger partial charge in [0.05, 0.1) is 4.92 Å². The first kappa shape index (κ1) is 15.4. The molecule has 0 amide bonds. The Morgan fingerprint density at radius 1 is 1.43 bits per heavy atom. The summed E-state index contributed by atoms with van der Waals surface area (Å²) >= 11 is 0. The van der Waals surface area contributed by atoms with Gasteiger partial charge in [0.15, 0.2) is 0 Å². The van der Waals surface area contributed by atoms with Crippen molar-refractivity contribution < 1.29 is 9.66 Å². The highest BCUT2D eigenvalue weighted by Gasteiger charge is 2.27. The van der Waals surface area contributed by atoms with Crippen molar-refractivity contribution in [3.8, 4) is 5.88 Å². The molecule has 2 rings (SSSR count). The molecule has 1 fully saturated rings. The Morgan fingerprint density at radius 2 is 2.10 bits per heavy atom. The molecule has 1 aromatic rings. The van der Waals surface area contributed by atoms with Gasteiger partial charge in [-0.3, -0.25) is 10.1 Å². The Kier molecular flexibility index (Phi) is 4.89. The average Bonchev–Trinajstić information content (AvgIpc) is 2.41. The summed E-state index contributed by atoms with van der Waals surface area (Å²) in [6, 6.07) is 0. The summed E-state index contributed by atoms with van der Waals surface area (Å²) in [6.45, 7) is 6.00. The number of anilines is 1. The number of nitro groups is 1. The summed E-state index contributed by atoms with van der Waals surface area (Å²) in [5, 5.41) is 14.2. The van der Waals surface area contributed by atoms with Crippen LogP contribution < -0.4 is 10.1 Å². The van der Waals surface area contributed by atoms with Gasteiger partial charge in [0, 0.05) is 19.6 Å². The molecule has 0 radical (unpaired) electrons. The van der Waals surface area contributed by atoms with Gasteiger partial charge in [-0.15, -0.1) is 0 Å². The second-order valence-electron chi connectivity index (χ2n) is 5.19. The maximum Gasteiger partial charge on any atom is 0.352 e. The van der Waals surface area contributed by atoms with Crippen LogP contribution in [0.4, 0.5) is 11.6 Å². The summed E-state index contributed by atoms with van der Waals surface area (Å²) < 4.78 is 5.80. The molecular weight excluding hydrogens is 274 g/mol. The van der Waals surface area contributed by atoms with Gasteiger partial charge < -0.3 is 15.0 Å². The number of ether oxygens (including phenoxy) is 1. The molecule has 0 aliphatic carbocycles. The topological polar surface area (TPSA) is 93.4 Å². The van der Waals surface area contributed by atoms with E-state index in [1.807, 2.05) is 6.92 Å². The summed E-state index contributed by atoms with van der Waals surface area (Å²) in [6.07, 6.45) is 1.64. The molecule has 0 saturated carbocycles. The van der Waals surface area contributed by atoms with Crippen LogP contribution in [0.1, 0.15) is 25.5 Å². The monoisotopic (exact) mass is 295 g/mol. The quantitative estimate of drug-likeness (QED) is 0.651. The van der Waals surface area contributed by atoms with Gasteiger partial charge in [0.1, 0.15) is 11.8 Å². The molecule has 0 unspecified atom stereocenters. The van der Waals surface area contributed by atoms with Crippen LogP contribution in [-0.4, -0.2) is 52.6 Å². The van der Waals surface area contributed by atoms with Crippen LogP contribution in [0.15, 0.2) is 0 Å². The smallest absolute Gasteiger partial charge is 0.352 e. The standard InChI is InChI=1S/C13H21N5O3/c1-4-14-13-15-9(2)11(18(19)20)12(16-13)21-10-5-7-17(3)8-6-10/h10H,4-8H2,1-3H3,(H,14,15,16). The van der Waals surface area contributed by atoms with Crippen molar-refractivity contribution in [2.24, 2.45) is 0 Å². The Morgan fingerprint density at radius 3 is 2.67 bits per heavy atom. The predicted octanol–water partition coefficient (Wildman–Crippen LogP) is 1.60. The Labute approximate surface area is 123 Å². The molecular formula is C13H21N5O3. The largest absolute Gasteiger partial charge is 0.469 e. The molecule has 0 bridgehead atoms. The van der Waals surface area contributed by atoms with E-state index in [1.165, 1.54) is 0 Å². The zero-order valence-corrected chi connectivity index (χ0v) is 12.6. The van der Waals surface area contributed by atoms with Gasteiger partial charge in [-0.25, -0.2) is 4.98 Å². The molecule has 0 aromatic carbocycles. The number of nitrogens with one attached hydrogen (secondary N) is 1. The molecule has 2 heterocycles. The molecule has 0 spiro atoms. The van der Waals surface area contributed by atoms with Gasteiger partial charge in [-0.1, -0.05) is 0 Å². The van der Waals surface area contributed by atoms with Gasteiger partial charge >= 0.3 is 5.69 Å². The average molecular weight is 295 g/mol. The lowest BCUT2D eigenvalue weighted by Gasteiger charge is -2.28. The number of hydrogen-bond acceptors (Lipinski definition) is 7. The second kappa shape index (κ2) is 6.66. The van der Waals surface area contributed by atoms with Crippen molar-refractivity contribution in [2.45, 2.75) is 32.8 Å². The van der Waals surface area contributed by atoms with Gasteiger partial charge in [0.25, 0.3) is 5.88 Å². The fourth-order valence-electron chi connectivity index (χ4n) is 2.33. The minimum atomic E-state index is -0.477. The SMILES string of the molecule is CCNc1nc(C)c([N+](=O)[O-])c(OC2CCN(C)CC2)n1. The minimum Gasteiger partial charge on any atom is -0.469 e. The van der Waals surface area contributed by atoms with Crippen LogP contribution in [0.3, 0.4) is 0 Å². The molecule has 1 aromatic heterocycles. The van der Waals surface area contributed by atoms with Crippen LogP contribution in [0.25, 0.3) is 0 Å². The number of likely N-dealkylation sites (tertiary alicyclic amines) is 1. The third-order valence-corrected chi connectivity index (χ3v) is 3.49. The molecule has 21 heavy (non-hydrogen) atoms. The van der Waals surface area contributed by atoms with Crippen molar-refractivity contribution in [1.29, 1.82) is 0 Å². The van der Waals surface area contributed by atoms with E-state index < -0.39 is 4.92 Å². The van der Waals surface area contributed by atoms with E-state index in [2.05, 4.69) is 27.2 Å². The van der Waals surface area contributed by atoms with Gasteiger partial charge in [0.2, 0.25) is 5.95 Å². The number of aryl methyl sites for hydroxylation is 1. The van der Waals surface area contributed by atoms with E-state index in [-0.39, 0.29) is 17.7 Å². The number of aromatic nitrogens is 2. The van der Waals surface area contributed by atoms with E-state index in [1.54, 1.807) is 6.92 Å². The van der Waals surface area contributed by atoms with Crippen molar-refractivity contribution in [2.75, 3.05) is 32.0 Å². The van der Waals surface area contributed by atoms with Crippen molar-refractivity contribution in [1.82, 2.24) is 14.9 Å². The fourth-order valence-corrected chi connectivity index (χ4v) is 2.33. The van der Waals surface area contributed by atoms with E-state index in [0.717, 1.165) is 25.9 Å². The normalized spacial score (nSPS) is 16.7. The lowest BCUT2D eigenvalue weighted by molar-refractivity contribution is -0.387. The summed E-state index contributed by atoms with van der Waals surface area (Å²) in [5.74, 6) is 0.432. The summed E-state index contributed by atoms with van der Waals surface area (Å²) in [4.78, 5) is 21.2. The van der Waals surface area contributed by atoms with Crippen molar-refractivity contribution in [3.05, 3.63) is 15.8 Å². The minimum absolute atomic E-state index is 0.0383. The Hall–Kier alpha value is -1.96. The van der Waals surface area contributed by atoms with Crippen LogP contribution in [0, 0.1) is 17.0 Å². The van der Waals surface area contributed by atoms with Gasteiger partial charge in [-0.05, 0) is 33.7 Å². The lowest BCUT2D eigenvalue weighted by Crippen LogP contribution is -2.36. The first-order valence-electron chi connectivity index (χ1n) is 7.13. The molecule has 0 atom stereocenters. The molecule has 116 valence electrons. The van der Waals surface area contributed by atoms with Crippen molar-refractivity contribution in [3.63, 3.8) is 0 Å². The first-order chi connectivity index (χ1) is 10.0. The first-order valence-corrected chi connectivity index (χ1v) is 7.13. The van der Waals surface area contributed by atoms with Crippen molar-refractivity contribution >= 4 is 11.6 Å². The van der Waals surface area contributed by atoms with Crippen LogP contribution >= 0.6 is 0 Å². The number of piperidine rings is 1. The maximum absolute atomic E-state index is 11.2. The summed E-state index contributed by atoms with van der Waals surface area (Å²) in [7, 11) is 2.05. The third-order valence-electron chi connectivity index (χ3n) is 3.49. The zero-order chi connectivity index (χ0) is 15.4. The Bertz CT molecular complexity index is 515. The third kappa shape index (κ3) is 3.78. The molecule has 1 aliphatic rings. The van der Waals surface area contributed by atoms with Crippen LogP contribution in [0.2, 0.25) is 0 Å². The maximum atomic E-state index is 11.2. The fraction of sp³-hybridized carbons (Fsp3) is 0.692. The second-order valence-corrected chi connectivity index (χ2v) is 5.19. The molecule has 1 N–H and O–H groups in total. The number of rotatable bonds is 5. The van der Waals surface area contributed by atoms with E-state index >= 15 is 0 Å². The van der Waals surface area contributed by atoms with E-state index in [0.29, 0.717) is 18.2 Å². The predicted molar refractivity (Wildman–Crippen MR) is 78.7 cm³/mol. The molecule has 8 nitrogen and oxygen atoms in total. The number of hydrogen-bond donors (Lipinski definition) is 1. The van der Waals surface area contributed by atoms with Crippen LogP contribution in [-0.2, 0) is 0 Å². The summed E-state index contributed by atoms with van der Waals surface area (Å²) in [5.41, 5.74) is 0.171. The molecule has 1 saturated heterocycles. The highest BCUT2D eigenvalue weighted by Crippen LogP contribution is 2.30. The molecule has 1 aliphatic heterocycles. The highest BCUT2D eigenvalue weighted by molar-refractivity contribution is 5.48. The van der Waals surface area contributed by atoms with Crippen LogP contribution in [0.5, 0.6) is 5.88 Å².